The van der Waals surface area contributed by atoms with Crippen LogP contribution in [0.25, 0.3) is 0 Å². The maximum Gasteiger partial charge on any atom is 0.251 e. The van der Waals surface area contributed by atoms with Crippen LogP contribution in [0.15, 0.2) is 24.3 Å². The number of hydrogen-bond acceptors (Lipinski definition) is 4. The molecule has 2 heterocycles. The second-order valence-electron chi connectivity index (χ2n) is 7.26. The van der Waals surface area contributed by atoms with Crippen LogP contribution in [0.3, 0.4) is 0 Å². The van der Waals surface area contributed by atoms with Gasteiger partial charge in [0.2, 0.25) is 5.91 Å². The summed E-state index contributed by atoms with van der Waals surface area (Å²) in [5, 5.41) is 3.20. The molecule has 1 N–H and O–H groups in total. The van der Waals surface area contributed by atoms with Crippen LogP contribution in [0.2, 0.25) is 5.02 Å². The number of halogens is 1. The first-order valence-corrected chi connectivity index (χ1v) is 10.1. The minimum absolute atomic E-state index is 0.0167. The lowest BCUT2D eigenvalue weighted by Crippen LogP contribution is -2.44. The molecule has 0 spiro atoms. The number of piperidine rings is 1. The predicted molar refractivity (Wildman–Crippen MR) is 105 cm³/mol. The molecule has 0 saturated carbocycles. The number of amides is 2. The van der Waals surface area contributed by atoms with Crippen molar-refractivity contribution in [2.75, 3.05) is 52.5 Å². The number of ether oxygens (including phenoxy) is 1. The fraction of sp³-hybridized carbons (Fsp3) is 0.600. The summed E-state index contributed by atoms with van der Waals surface area (Å²) in [6, 6.07) is 6.72. The van der Waals surface area contributed by atoms with Gasteiger partial charge in [0.25, 0.3) is 5.91 Å². The third-order valence-corrected chi connectivity index (χ3v) is 5.65. The summed E-state index contributed by atoms with van der Waals surface area (Å²) in [6.07, 6.45) is 3.27. The molecular formula is C20H28ClN3O3. The zero-order valence-electron chi connectivity index (χ0n) is 15.7. The van der Waals surface area contributed by atoms with E-state index in [0.29, 0.717) is 16.5 Å². The number of nitrogens with one attached hydrogen (secondary N) is 1. The monoisotopic (exact) mass is 393 g/mol. The minimum Gasteiger partial charge on any atom is -0.379 e. The highest BCUT2D eigenvalue weighted by atomic mass is 35.5. The van der Waals surface area contributed by atoms with Crippen molar-refractivity contribution < 1.29 is 14.3 Å². The number of nitrogens with zero attached hydrogens (tertiary/aromatic N) is 2. The van der Waals surface area contributed by atoms with E-state index in [-0.39, 0.29) is 18.4 Å². The van der Waals surface area contributed by atoms with E-state index in [9.17, 15) is 9.59 Å². The van der Waals surface area contributed by atoms with Crippen LogP contribution in [0.5, 0.6) is 0 Å². The van der Waals surface area contributed by atoms with Gasteiger partial charge >= 0.3 is 0 Å². The number of rotatable bonds is 6. The van der Waals surface area contributed by atoms with Gasteiger partial charge in [-0.2, -0.15) is 0 Å². The maximum atomic E-state index is 12.4. The molecule has 1 aromatic carbocycles. The summed E-state index contributed by atoms with van der Waals surface area (Å²) in [6.45, 7) is 6.45. The van der Waals surface area contributed by atoms with E-state index in [1.165, 1.54) is 6.42 Å². The first-order chi connectivity index (χ1) is 13.1. The Morgan fingerprint density at radius 3 is 2.59 bits per heavy atom. The Labute approximate surface area is 165 Å². The average molecular weight is 394 g/mol. The summed E-state index contributed by atoms with van der Waals surface area (Å²) in [5.41, 5.74) is 0.470. The smallest absolute Gasteiger partial charge is 0.251 e. The molecule has 148 valence electrons. The predicted octanol–water partition coefficient (Wildman–Crippen LogP) is 2.03. The van der Waals surface area contributed by atoms with Gasteiger partial charge < -0.3 is 15.0 Å². The van der Waals surface area contributed by atoms with E-state index in [1.54, 1.807) is 24.3 Å². The topological polar surface area (TPSA) is 61.9 Å². The molecule has 27 heavy (non-hydrogen) atoms. The molecule has 6 nitrogen and oxygen atoms in total. The Bertz CT molecular complexity index is 641. The van der Waals surface area contributed by atoms with Gasteiger partial charge in [0.15, 0.2) is 0 Å². The second kappa shape index (κ2) is 10.1. The Hall–Kier alpha value is -1.63. The zero-order valence-corrected chi connectivity index (χ0v) is 16.4. The van der Waals surface area contributed by atoms with Gasteiger partial charge in [-0.25, -0.2) is 0 Å². The molecule has 0 aromatic heterocycles. The first-order valence-electron chi connectivity index (χ1n) is 9.73. The van der Waals surface area contributed by atoms with Crippen LogP contribution < -0.4 is 5.32 Å². The molecular weight excluding hydrogens is 366 g/mol. The molecule has 2 amide bonds. The van der Waals surface area contributed by atoms with E-state index in [0.717, 1.165) is 58.8 Å². The molecule has 0 radical (unpaired) electrons. The molecule has 2 aliphatic heterocycles. The minimum atomic E-state index is -0.272. The summed E-state index contributed by atoms with van der Waals surface area (Å²) < 4.78 is 5.38. The van der Waals surface area contributed by atoms with E-state index < -0.39 is 0 Å². The van der Waals surface area contributed by atoms with Gasteiger partial charge in [-0.3, -0.25) is 14.5 Å². The standard InChI is InChI=1S/C20H28ClN3O3/c21-18-3-1-2-17(14-18)20(26)22-15-19(25)24-8-5-16(6-9-24)4-7-23-10-12-27-13-11-23/h1-3,14,16H,4-13,15H2,(H,22,26). The number of benzene rings is 1. The van der Waals surface area contributed by atoms with Crippen molar-refractivity contribution in [1.82, 2.24) is 15.1 Å². The largest absolute Gasteiger partial charge is 0.379 e. The SMILES string of the molecule is O=C(NCC(=O)N1CCC(CCN2CCOCC2)CC1)c1cccc(Cl)c1. The third kappa shape index (κ3) is 6.19. The highest BCUT2D eigenvalue weighted by Gasteiger charge is 2.23. The highest BCUT2D eigenvalue weighted by molar-refractivity contribution is 6.30. The Balaban J connectivity index is 1.35. The lowest BCUT2D eigenvalue weighted by Gasteiger charge is -2.34. The van der Waals surface area contributed by atoms with Crippen LogP contribution in [-0.2, 0) is 9.53 Å². The Morgan fingerprint density at radius 1 is 1.15 bits per heavy atom. The van der Waals surface area contributed by atoms with E-state index in [1.807, 2.05) is 4.90 Å². The van der Waals surface area contributed by atoms with E-state index in [2.05, 4.69) is 10.2 Å². The number of likely N-dealkylation sites (tertiary alicyclic amines) is 1. The summed E-state index contributed by atoms with van der Waals surface area (Å²) in [4.78, 5) is 28.8. The van der Waals surface area contributed by atoms with Gasteiger partial charge in [0.05, 0.1) is 19.8 Å². The first kappa shape index (κ1) is 20.1. The Kier molecular flexibility index (Phi) is 7.50. The molecule has 0 atom stereocenters. The molecule has 0 aliphatic carbocycles. The lowest BCUT2D eigenvalue weighted by molar-refractivity contribution is -0.131. The quantitative estimate of drug-likeness (QED) is 0.803. The molecule has 2 aliphatic rings. The maximum absolute atomic E-state index is 12.4. The molecule has 0 unspecified atom stereocenters. The van der Waals surface area contributed by atoms with Crippen LogP contribution in [0.4, 0.5) is 0 Å². The molecule has 2 saturated heterocycles. The fourth-order valence-corrected chi connectivity index (χ4v) is 3.85. The third-order valence-electron chi connectivity index (χ3n) is 5.41. The van der Waals surface area contributed by atoms with Crippen LogP contribution in [0.1, 0.15) is 29.6 Å². The van der Waals surface area contributed by atoms with Crippen LogP contribution in [-0.4, -0.2) is 74.1 Å². The van der Waals surface area contributed by atoms with Gasteiger partial charge in [-0.15, -0.1) is 0 Å². The fourth-order valence-electron chi connectivity index (χ4n) is 3.66. The molecule has 3 rings (SSSR count). The van der Waals surface area contributed by atoms with Crippen molar-refractivity contribution >= 4 is 23.4 Å². The average Bonchev–Trinajstić information content (AvgIpc) is 2.71. The van der Waals surface area contributed by atoms with Crippen molar-refractivity contribution in [3.8, 4) is 0 Å². The van der Waals surface area contributed by atoms with E-state index in [4.69, 9.17) is 16.3 Å². The van der Waals surface area contributed by atoms with Crippen molar-refractivity contribution in [2.24, 2.45) is 5.92 Å². The summed E-state index contributed by atoms with van der Waals surface area (Å²) in [5.74, 6) is 0.390. The van der Waals surface area contributed by atoms with E-state index >= 15 is 0 Å². The highest BCUT2D eigenvalue weighted by Crippen LogP contribution is 2.21. The molecule has 0 bridgehead atoms. The van der Waals surface area contributed by atoms with Crippen LogP contribution >= 0.6 is 11.6 Å². The van der Waals surface area contributed by atoms with Gasteiger partial charge in [-0.05, 0) is 49.9 Å². The molecule has 1 aromatic rings. The normalized spacial score (nSPS) is 19.1. The summed E-state index contributed by atoms with van der Waals surface area (Å²) >= 11 is 5.90. The zero-order chi connectivity index (χ0) is 19.1. The van der Waals surface area contributed by atoms with Gasteiger partial charge in [-0.1, -0.05) is 17.7 Å². The lowest BCUT2D eigenvalue weighted by atomic mass is 9.93. The molecule has 7 heteroatoms. The van der Waals surface area contributed by atoms with Crippen molar-refractivity contribution in [3.63, 3.8) is 0 Å². The van der Waals surface area contributed by atoms with Gasteiger partial charge in [0.1, 0.15) is 0 Å². The number of hydrogen-bond donors (Lipinski definition) is 1. The van der Waals surface area contributed by atoms with Gasteiger partial charge in [0, 0.05) is 36.8 Å². The Morgan fingerprint density at radius 2 is 1.89 bits per heavy atom. The second-order valence-corrected chi connectivity index (χ2v) is 7.70. The number of carbonyl (C=O) groups excluding carboxylic acids is 2. The van der Waals surface area contributed by atoms with Crippen LogP contribution in [0, 0.1) is 5.92 Å². The van der Waals surface area contributed by atoms with Crippen molar-refractivity contribution in [2.45, 2.75) is 19.3 Å². The van der Waals surface area contributed by atoms with Crippen molar-refractivity contribution in [1.29, 1.82) is 0 Å². The molecule has 2 fully saturated rings. The van der Waals surface area contributed by atoms with Crippen molar-refractivity contribution in [3.05, 3.63) is 34.9 Å². The number of carbonyl (C=O) groups is 2. The number of morpholine rings is 1. The summed E-state index contributed by atoms with van der Waals surface area (Å²) in [7, 11) is 0.